The summed E-state index contributed by atoms with van der Waals surface area (Å²) in [6.45, 7) is 2.90. The van der Waals surface area contributed by atoms with Crippen LogP contribution in [0.4, 0.5) is 4.39 Å². The molecular weight excluding hydrogens is 255 g/mol. The molecule has 0 spiro atoms. The lowest BCUT2D eigenvalue weighted by atomic mass is 9.77. The van der Waals surface area contributed by atoms with Gasteiger partial charge in [0.2, 0.25) is 0 Å². The maximum atomic E-state index is 13.3. The van der Waals surface area contributed by atoms with Crippen LogP contribution in [-0.2, 0) is 6.54 Å². The van der Waals surface area contributed by atoms with Gasteiger partial charge in [0, 0.05) is 12.1 Å². The fourth-order valence-electron chi connectivity index (χ4n) is 2.76. The third-order valence-corrected chi connectivity index (χ3v) is 4.35. The molecule has 1 aromatic carbocycles. The van der Waals surface area contributed by atoms with E-state index in [2.05, 4.69) is 12.2 Å². The highest BCUT2D eigenvalue weighted by Gasteiger charge is 2.32. The first kappa shape index (κ1) is 15.0. The molecule has 3 nitrogen and oxygen atoms in total. The van der Waals surface area contributed by atoms with Crippen LogP contribution in [0.15, 0.2) is 18.2 Å². The molecular formula is C16H21FN2O. The fraction of sp³-hybridized carbons (Fsp3) is 0.562. The van der Waals surface area contributed by atoms with E-state index in [9.17, 15) is 9.50 Å². The molecule has 4 heteroatoms. The lowest BCUT2D eigenvalue weighted by Gasteiger charge is -2.39. The first-order valence-corrected chi connectivity index (χ1v) is 7.13. The van der Waals surface area contributed by atoms with Gasteiger partial charge in [-0.3, -0.25) is 0 Å². The van der Waals surface area contributed by atoms with Crippen molar-refractivity contribution in [2.45, 2.75) is 44.7 Å². The molecule has 0 aromatic heterocycles. The second kappa shape index (κ2) is 6.34. The molecule has 0 aliphatic heterocycles. The molecule has 1 aliphatic carbocycles. The van der Waals surface area contributed by atoms with Crippen LogP contribution in [0.1, 0.15) is 43.7 Å². The average Bonchev–Trinajstić information content (AvgIpc) is 2.48. The van der Waals surface area contributed by atoms with E-state index in [-0.39, 0.29) is 17.7 Å². The van der Waals surface area contributed by atoms with Crippen molar-refractivity contribution in [3.05, 3.63) is 35.1 Å². The summed E-state index contributed by atoms with van der Waals surface area (Å²) < 4.78 is 13.3. The second-order valence-corrected chi connectivity index (χ2v) is 5.90. The highest BCUT2D eigenvalue weighted by atomic mass is 19.1. The molecule has 0 radical (unpaired) electrons. The maximum absolute atomic E-state index is 13.3. The molecule has 1 saturated carbocycles. The van der Waals surface area contributed by atoms with Crippen LogP contribution in [0.3, 0.4) is 0 Å². The number of nitrogens with zero attached hydrogens (tertiary/aromatic N) is 1. The molecule has 0 atom stereocenters. The summed E-state index contributed by atoms with van der Waals surface area (Å²) in [6, 6.07) is 6.42. The number of nitrogens with one attached hydrogen (secondary N) is 1. The van der Waals surface area contributed by atoms with Gasteiger partial charge in [-0.1, -0.05) is 13.0 Å². The lowest BCUT2D eigenvalue weighted by Crippen LogP contribution is -2.50. The van der Waals surface area contributed by atoms with Gasteiger partial charge in [-0.15, -0.1) is 0 Å². The predicted octanol–water partition coefficient (Wildman–Crippen LogP) is 2.73. The zero-order valence-electron chi connectivity index (χ0n) is 11.8. The van der Waals surface area contributed by atoms with Crippen LogP contribution < -0.4 is 5.32 Å². The maximum Gasteiger partial charge on any atom is 0.140 e. The number of rotatable bonds is 4. The Bertz CT molecular complexity index is 502. The van der Waals surface area contributed by atoms with Crippen molar-refractivity contribution in [2.24, 2.45) is 5.92 Å². The van der Waals surface area contributed by atoms with Gasteiger partial charge >= 0.3 is 0 Å². The number of nitriles is 1. The van der Waals surface area contributed by atoms with Gasteiger partial charge in [0.25, 0.3) is 0 Å². The first-order valence-electron chi connectivity index (χ1n) is 7.13. The van der Waals surface area contributed by atoms with Crippen molar-refractivity contribution >= 4 is 0 Å². The highest BCUT2D eigenvalue weighted by molar-refractivity contribution is 5.34. The molecule has 2 N–H and O–H groups in total. The second-order valence-electron chi connectivity index (χ2n) is 5.90. The van der Waals surface area contributed by atoms with Gasteiger partial charge in [0.05, 0.1) is 12.2 Å². The van der Waals surface area contributed by atoms with Gasteiger partial charge in [-0.2, -0.15) is 5.26 Å². The summed E-state index contributed by atoms with van der Waals surface area (Å²) >= 11 is 0. The van der Waals surface area contributed by atoms with Crippen LogP contribution >= 0.6 is 0 Å². The van der Waals surface area contributed by atoms with Gasteiger partial charge < -0.3 is 10.4 Å². The fourth-order valence-corrected chi connectivity index (χ4v) is 2.76. The largest absolute Gasteiger partial charge is 0.394 e. The van der Waals surface area contributed by atoms with Crippen LogP contribution in [0, 0.1) is 23.1 Å². The molecule has 0 unspecified atom stereocenters. The van der Waals surface area contributed by atoms with Crippen molar-refractivity contribution in [3.63, 3.8) is 0 Å². The molecule has 1 fully saturated rings. The van der Waals surface area contributed by atoms with Gasteiger partial charge in [-0.05, 0) is 49.3 Å². The van der Waals surface area contributed by atoms with E-state index in [0.29, 0.717) is 12.5 Å². The Hall–Kier alpha value is -1.44. The smallest absolute Gasteiger partial charge is 0.140 e. The molecule has 0 saturated heterocycles. The summed E-state index contributed by atoms with van der Waals surface area (Å²) in [5.74, 6) is 0.229. The van der Waals surface area contributed by atoms with Crippen molar-refractivity contribution in [1.29, 1.82) is 5.26 Å². The summed E-state index contributed by atoms with van der Waals surface area (Å²) in [5.41, 5.74) is 0.710. The Balaban J connectivity index is 2.02. The van der Waals surface area contributed by atoms with Crippen molar-refractivity contribution < 1.29 is 9.50 Å². The van der Waals surface area contributed by atoms with E-state index in [0.717, 1.165) is 31.2 Å². The minimum atomic E-state index is -0.486. The standard InChI is InChI=1S/C16H21FN2O/c1-12-4-6-16(11-20,7-5-12)19-10-13-2-3-15(17)14(8-13)9-18/h2-3,8,12,19-20H,4-7,10-11H2,1H3. The quantitative estimate of drug-likeness (QED) is 0.889. The Morgan fingerprint density at radius 1 is 1.45 bits per heavy atom. The van der Waals surface area contributed by atoms with E-state index in [1.807, 2.05) is 6.07 Å². The minimum Gasteiger partial charge on any atom is -0.394 e. The van der Waals surface area contributed by atoms with E-state index in [1.54, 1.807) is 12.1 Å². The number of hydrogen-bond donors (Lipinski definition) is 2. The molecule has 2 rings (SSSR count). The van der Waals surface area contributed by atoms with E-state index in [1.165, 1.54) is 6.07 Å². The molecule has 0 bridgehead atoms. The van der Waals surface area contributed by atoms with E-state index < -0.39 is 5.82 Å². The Morgan fingerprint density at radius 3 is 2.75 bits per heavy atom. The number of benzene rings is 1. The lowest BCUT2D eigenvalue weighted by molar-refractivity contribution is 0.104. The zero-order valence-corrected chi connectivity index (χ0v) is 11.8. The van der Waals surface area contributed by atoms with Gasteiger partial charge in [0.1, 0.15) is 11.9 Å². The summed E-state index contributed by atoms with van der Waals surface area (Å²) in [7, 11) is 0. The number of hydrogen-bond acceptors (Lipinski definition) is 3. The number of aliphatic hydroxyl groups excluding tert-OH is 1. The zero-order chi connectivity index (χ0) is 14.6. The van der Waals surface area contributed by atoms with E-state index >= 15 is 0 Å². The van der Waals surface area contributed by atoms with Crippen LogP contribution in [0.2, 0.25) is 0 Å². The molecule has 1 aromatic rings. The average molecular weight is 276 g/mol. The molecule has 108 valence electrons. The summed E-state index contributed by atoms with van der Waals surface area (Å²) in [4.78, 5) is 0. The molecule has 0 heterocycles. The molecule has 1 aliphatic rings. The number of halogens is 1. The van der Waals surface area contributed by atoms with E-state index in [4.69, 9.17) is 5.26 Å². The van der Waals surface area contributed by atoms with Crippen LogP contribution in [0.5, 0.6) is 0 Å². The third-order valence-electron chi connectivity index (χ3n) is 4.35. The normalized spacial score (nSPS) is 26.2. The minimum absolute atomic E-state index is 0.0691. The van der Waals surface area contributed by atoms with Crippen LogP contribution in [0.25, 0.3) is 0 Å². The Morgan fingerprint density at radius 2 is 2.15 bits per heavy atom. The topological polar surface area (TPSA) is 56.0 Å². The Kier molecular flexibility index (Phi) is 4.74. The van der Waals surface area contributed by atoms with Gasteiger partial charge in [-0.25, -0.2) is 4.39 Å². The monoisotopic (exact) mass is 276 g/mol. The predicted molar refractivity (Wildman–Crippen MR) is 75.4 cm³/mol. The first-order chi connectivity index (χ1) is 9.58. The summed E-state index contributed by atoms with van der Waals surface area (Å²) in [5, 5.41) is 21.9. The highest BCUT2D eigenvalue weighted by Crippen LogP contribution is 2.31. The van der Waals surface area contributed by atoms with Crippen molar-refractivity contribution in [2.75, 3.05) is 6.61 Å². The third kappa shape index (κ3) is 3.36. The van der Waals surface area contributed by atoms with Crippen molar-refractivity contribution in [1.82, 2.24) is 5.32 Å². The Labute approximate surface area is 119 Å². The van der Waals surface area contributed by atoms with Crippen LogP contribution in [-0.4, -0.2) is 17.3 Å². The molecule has 0 amide bonds. The molecule has 20 heavy (non-hydrogen) atoms. The van der Waals surface area contributed by atoms with Crippen molar-refractivity contribution in [3.8, 4) is 6.07 Å². The summed E-state index contributed by atoms with van der Waals surface area (Å²) in [6.07, 6.45) is 4.13. The SMILES string of the molecule is CC1CCC(CO)(NCc2ccc(F)c(C#N)c2)CC1. The number of aliphatic hydroxyl groups is 1. The van der Waals surface area contributed by atoms with Gasteiger partial charge in [0.15, 0.2) is 0 Å².